The number of amides is 1. The Bertz CT molecular complexity index is 350. The summed E-state index contributed by atoms with van der Waals surface area (Å²) >= 11 is 0. The first-order chi connectivity index (χ1) is 7.56. The number of primary amides is 1. The molecule has 0 aliphatic rings. The van der Waals surface area contributed by atoms with E-state index in [1.165, 1.54) is 6.20 Å². The van der Waals surface area contributed by atoms with E-state index in [1.807, 2.05) is 11.9 Å². The van der Waals surface area contributed by atoms with Gasteiger partial charge >= 0.3 is 0 Å². The van der Waals surface area contributed by atoms with Crippen molar-refractivity contribution in [3.8, 4) is 0 Å². The van der Waals surface area contributed by atoms with Crippen LogP contribution in [-0.2, 0) is 0 Å². The third kappa shape index (κ3) is 2.93. The number of anilines is 1. The predicted molar refractivity (Wildman–Crippen MR) is 64.3 cm³/mol. The minimum absolute atomic E-state index is 0.317. The second-order valence-corrected chi connectivity index (χ2v) is 3.81. The molecule has 1 unspecified atom stereocenters. The van der Waals surface area contributed by atoms with E-state index in [1.54, 1.807) is 12.1 Å². The van der Waals surface area contributed by atoms with Gasteiger partial charge in [0, 0.05) is 19.3 Å². The highest BCUT2D eigenvalue weighted by Crippen LogP contribution is 2.13. The van der Waals surface area contributed by atoms with Crippen molar-refractivity contribution in [1.29, 1.82) is 0 Å². The molecule has 0 aromatic carbocycles. The van der Waals surface area contributed by atoms with Gasteiger partial charge in [0.2, 0.25) is 5.91 Å². The Morgan fingerprint density at radius 2 is 2.25 bits per heavy atom. The Morgan fingerprint density at radius 3 is 2.69 bits per heavy atom. The zero-order valence-electron chi connectivity index (χ0n) is 9.68. The smallest absolute Gasteiger partial charge is 0.250 e. The molecule has 1 rings (SSSR count). The van der Waals surface area contributed by atoms with Crippen molar-refractivity contribution >= 4 is 11.7 Å². The lowest BCUT2D eigenvalue weighted by atomic mass is 10.2. The van der Waals surface area contributed by atoms with Crippen molar-refractivity contribution in [3.63, 3.8) is 0 Å². The Hall–Kier alpha value is -1.62. The fourth-order valence-electron chi connectivity index (χ4n) is 1.40. The molecule has 0 aliphatic heterocycles. The number of nitrogens with two attached hydrogens (primary N) is 2. The third-order valence-electron chi connectivity index (χ3n) is 2.64. The minimum atomic E-state index is -0.461. The van der Waals surface area contributed by atoms with Gasteiger partial charge in [-0.3, -0.25) is 4.79 Å². The van der Waals surface area contributed by atoms with E-state index >= 15 is 0 Å². The first kappa shape index (κ1) is 12.4. The number of rotatable bonds is 5. The van der Waals surface area contributed by atoms with Crippen LogP contribution in [0, 0.1) is 0 Å². The van der Waals surface area contributed by atoms with Crippen LogP contribution in [0.15, 0.2) is 18.3 Å². The van der Waals surface area contributed by atoms with Crippen molar-refractivity contribution in [1.82, 2.24) is 4.98 Å². The summed E-state index contributed by atoms with van der Waals surface area (Å²) in [6.45, 7) is 2.72. The van der Waals surface area contributed by atoms with Crippen molar-refractivity contribution in [2.45, 2.75) is 19.4 Å². The Morgan fingerprint density at radius 1 is 1.56 bits per heavy atom. The third-order valence-corrected chi connectivity index (χ3v) is 2.64. The van der Waals surface area contributed by atoms with Gasteiger partial charge in [-0.25, -0.2) is 4.98 Å². The zero-order valence-corrected chi connectivity index (χ0v) is 9.68. The average molecular weight is 222 g/mol. The Labute approximate surface area is 95.4 Å². The molecule has 0 saturated heterocycles. The average Bonchev–Trinajstić information content (AvgIpc) is 2.28. The maximum Gasteiger partial charge on any atom is 0.250 e. The summed E-state index contributed by atoms with van der Waals surface area (Å²) in [5, 5.41) is 0. The molecule has 0 saturated carbocycles. The van der Waals surface area contributed by atoms with Crippen LogP contribution in [0.4, 0.5) is 5.82 Å². The van der Waals surface area contributed by atoms with E-state index < -0.39 is 5.91 Å². The number of hydrogen-bond acceptors (Lipinski definition) is 4. The number of nitrogens with zero attached hydrogens (tertiary/aromatic N) is 2. The van der Waals surface area contributed by atoms with Crippen LogP contribution in [0.1, 0.15) is 23.7 Å². The van der Waals surface area contributed by atoms with Gasteiger partial charge in [0.25, 0.3) is 0 Å². The van der Waals surface area contributed by atoms with Gasteiger partial charge in [0.1, 0.15) is 5.82 Å². The second kappa shape index (κ2) is 5.46. The highest BCUT2D eigenvalue weighted by Gasteiger charge is 2.10. The van der Waals surface area contributed by atoms with Crippen LogP contribution < -0.4 is 16.4 Å². The lowest BCUT2D eigenvalue weighted by Gasteiger charge is -2.25. The molecule has 1 aromatic heterocycles. The summed E-state index contributed by atoms with van der Waals surface area (Å²) in [5.41, 5.74) is 11.1. The summed E-state index contributed by atoms with van der Waals surface area (Å²) in [5.74, 6) is 0.350. The molecule has 5 heteroatoms. The predicted octanol–water partition coefficient (Wildman–Crippen LogP) is 0.354. The minimum Gasteiger partial charge on any atom is -0.366 e. The maximum absolute atomic E-state index is 10.9. The molecular formula is C11H18N4O. The topological polar surface area (TPSA) is 85.2 Å². The summed E-state index contributed by atoms with van der Waals surface area (Å²) in [6.07, 6.45) is 2.39. The molecule has 1 atom stereocenters. The second-order valence-electron chi connectivity index (χ2n) is 3.81. The SMILES string of the molecule is CC(CCN)N(C)c1ccc(C(N)=O)cn1. The molecule has 1 amide bonds. The molecule has 0 aliphatic carbocycles. The molecule has 0 radical (unpaired) electrons. The van der Waals surface area contributed by atoms with Crippen LogP contribution in [0.3, 0.4) is 0 Å². The molecule has 4 N–H and O–H groups in total. The van der Waals surface area contributed by atoms with Gasteiger partial charge in [-0.05, 0) is 32.0 Å². The Balaban J connectivity index is 2.77. The van der Waals surface area contributed by atoms with Gasteiger partial charge < -0.3 is 16.4 Å². The number of hydrogen-bond donors (Lipinski definition) is 2. The van der Waals surface area contributed by atoms with E-state index in [4.69, 9.17) is 11.5 Å². The standard InChI is InChI=1S/C11H18N4O/c1-8(5-6-12)15(2)10-4-3-9(7-14-10)11(13)16/h3-4,7-8H,5-6,12H2,1-2H3,(H2,13,16). The lowest BCUT2D eigenvalue weighted by Crippen LogP contribution is -2.31. The van der Waals surface area contributed by atoms with Crippen LogP contribution in [0.2, 0.25) is 0 Å². The molecule has 5 nitrogen and oxygen atoms in total. The highest BCUT2D eigenvalue weighted by atomic mass is 16.1. The maximum atomic E-state index is 10.9. The van der Waals surface area contributed by atoms with E-state index in [-0.39, 0.29) is 0 Å². The number of carbonyl (C=O) groups excluding carboxylic acids is 1. The number of aromatic nitrogens is 1. The van der Waals surface area contributed by atoms with Crippen molar-refractivity contribution < 1.29 is 4.79 Å². The lowest BCUT2D eigenvalue weighted by molar-refractivity contribution is 0.1000. The first-order valence-corrected chi connectivity index (χ1v) is 5.25. The largest absolute Gasteiger partial charge is 0.366 e. The van der Waals surface area contributed by atoms with Crippen molar-refractivity contribution in [3.05, 3.63) is 23.9 Å². The van der Waals surface area contributed by atoms with Crippen LogP contribution in [-0.4, -0.2) is 30.5 Å². The van der Waals surface area contributed by atoms with Crippen LogP contribution >= 0.6 is 0 Å². The van der Waals surface area contributed by atoms with Crippen molar-refractivity contribution in [2.24, 2.45) is 11.5 Å². The molecule has 0 bridgehead atoms. The van der Waals surface area contributed by atoms with Gasteiger partial charge in [-0.2, -0.15) is 0 Å². The fraction of sp³-hybridized carbons (Fsp3) is 0.455. The van der Waals surface area contributed by atoms with Crippen LogP contribution in [0.25, 0.3) is 0 Å². The van der Waals surface area contributed by atoms with E-state index in [0.717, 1.165) is 12.2 Å². The summed E-state index contributed by atoms with van der Waals surface area (Å²) in [6, 6.07) is 3.78. The first-order valence-electron chi connectivity index (χ1n) is 5.25. The zero-order chi connectivity index (χ0) is 12.1. The quantitative estimate of drug-likeness (QED) is 0.753. The summed E-state index contributed by atoms with van der Waals surface area (Å²) in [7, 11) is 1.95. The molecule has 0 spiro atoms. The molecule has 0 fully saturated rings. The molecule has 1 aromatic rings. The van der Waals surface area contributed by atoms with E-state index in [2.05, 4.69) is 11.9 Å². The van der Waals surface area contributed by atoms with Crippen molar-refractivity contribution in [2.75, 3.05) is 18.5 Å². The fourth-order valence-corrected chi connectivity index (χ4v) is 1.40. The monoisotopic (exact) mass is 222 g/mol. The van der Waals surface area contributed by atoms with Gasteiger partial charge in [0.05, 0.1) is 5.56 Å². The molecule has 16 heavy (non-hydrogen) atoms. The molecule has 1 heterocycles. The van der Waals surface area contributed by atoms with E-state index in [0.29, 0.717) is 18.2 Å². The Kier molecular flexibility index (Phi) is 4.25. The molecular weight excluding hydrogens is 204 g/mol. The van der Waals surface area contributed by atoms with Gasteiger partial charge in [-0.15, -0.1) is 0 Å². The summed E-state index contributed by atoms with van der Waals surface area (Å²) in [4.78, 5) is 17.1. The van der Waals surface area contributed by atoms with Gasteiger partial charge in [0.15, 0.2) is 0 Å². The highest BCUT2D eigenvalue weighted by molar-refractivity contribution is 5.92. The van der Waals surface area contributed by atoms with E-state index in [9.17, 15) is 4.79 Å². The van der Waals surface area contributed by atoms with Crippen LogP contribution in [0.5, 0.6) is 0 Å². The summed E-state index contributed by atoms with van der Waals surface area (Å²) < 4.78 is 0. The normalized spacial score (nSPS) is 12.2. The number of carbonyl (C=O) groups is 1. The number of pyridine rings is 1. The van der Waals surface area contributed by atoms with Gasteiger partial charge in [-0.1, -0.05) is 0 Å². The molecule has 88 valence electrons.